The summed E-state index contributed by atoms with van der Waals surface area (Å²) in [6, 6.07) is 7.79. The zero-order valence-corrected chi connectivity index (χ0v) is 9.32. The summed E-state index contributed by atoms with van der Waals surface area (Å²) in [7, 11) is 1.61. The first-order valence-corrected chi connectivity index (χ1v) is 5.09. The summed E-state index contributed by atoms with van der Waals surface area (Å²) in [5.41, 5.74) is 10.0. The molecule has 1 aromatic rings. The molecule has 1 amide bonds. The highest BCUT2D eigenvalue weighted by atomic mass is 16.6. The first kappa shape index (κ1) is 12.6. The Labute approximate surface area is 94.9 Å². The molecule has 0 aliphatic heterocycles. The summed E-state index contributed by atoms with van der Waals surface area (Å²) >= 11 is 0. The SMILES string of the molecule is CNOCC(=O)NCc1ccc(CN)cc1. The van der Waals surface area contributed by atoms with E-state index in [1.165, 1.54) is 0 Å². The minimum atomic E-state index is -0.155. The van der Waals surface area contributed by atoms with Gasteiger partial charge < -0.3 is 11.1 Å². The van der Waals surface area contributed by atoms with Crippen molar-refractivity contribution in [1.82, 2.24) is 10.8 Å². The number of hydrogen-bond acceptors (Lipinski definition) is 4. The molecule has 4 N–H and O–H groups in total. The predicted octanol–water partition coefficient (Wildman–Crippen LogP) is -0.0875. The van der Waals surface area contributed by atoms with Crippen molar-refractivity contribution in [1.29, 1.82) is 0 Å². The summed E-state index contributed by atoms with van der Waals surface area (Å²) in [5.74, 6) is -0.155. The van der Waals surface area contributed by atoms with Crippen molar-refractivity contribution in [3.8, 4) is 0 Å². The van der Waals surface area contributed by atoms with E-state index in [2.05, 4.69) is 10.8 Å². The summed E-state index contributed by atoms with van der Waals surface area (Å²) in [6.07, 6.45) is 0. The minimum Gasteiger partial charge on any atom is -0.350 e. The molecule has 5 heteroatoms. The second-order valence-corrected chi connectivity index (χ2v) is 3.29. The second-order valence-electron chi connectivity index (χ2n) is 3.29. The number of rotatable bonds is 6. The number of hydrogen-bond donors (Lipinski definition) is 3. The molecule has 0 aromatic heterocycles. The van der Waals surface area contributed by atoms with Crippen LogP contribution < -0.4 is 16.5 Å². The Hall–Kier alpha value is -1.43. The Kier molecular flexibility index (Phi) is 5.49. The number of carbonyl (C=O) groups is 1. The van der Waals surface area contributed by atoms with Gasteiger partial charge in [-0.05, 0) is 11.1 Å². The van der Waals surface area contributed by atoms with Gasteiger partial charge in [0.15, 0.2) is 0 Å². The molecule has 0 spiro atoms. The van der Waals surface area contributed by atoms with Gasteiger partial charge in [-0.2, -0.15) is 0 Å². The smallest absolute Gasteiger partial charge is 0.248 e. The molecule has 0 bridgehead atoms. The van der Waals surface area contributed by atoms with Crippen molar-refractivity contribution in [3.05, 3.63) is 35.4 Å². The fraction of sp³-hybridized carbons (Fsp3) is 0.364. The number of benzene rings is 1. The molecular formula is C11H17N3O2. The fourth-order valence-corrected chi connectivity index (χ4v) is 1.18. The van der Waals surface area contributed by atoms with Crippen LogP contribution in [0.15, 0.2) is 24.3 Å². The lowest BCUT2D eigenvalue weighted by Crippen LogP contribution is -2.29. The number of nitrogens with one attached hydrogen (secondary N) is 2. The van der Waals surface area contributed by atoms with Gasteiger partial charge in [-0.15, -0.1) is 0 Å². The van der Waals surface area contributed by atoms with Crippen LogP contribution in [0.1, 0.15) is 11.1 Å². The van der Waals surface area contributed by atoms with Crippen molar-refractivity contribution in [2.45, 2.75) is 13.1 Å². The van der Waals surface area contributed by atoms with Gasteiger partial charge in [0.25, 0.3) is 0 Å². The van der Waals surface area contributed by atoms with Crippen LogP contribution >= 0.6 is 0 Å². The standard InChI is InChI=1S/C11H17N3O2/c1-13-16-8-11(15)14-7-10-4-2-9(6-12)3-5-10/h2-5,13H,6-8,12H2,1H3,(H,14,15). The van der Waals surface area contributed by atoms with E-state index < -0.39 is 0 Å². The van der Waals surface area contributed by atoms with Gasteiger partial charge in [-0.3, -0.25) is 9.63 Å². The van der Waals surface area contributed by atoms with Crippen LogP contribution in [-0.4, -0.2) is 19.6 Å². The molecule has 88 valence electrons. The molecule has 0 atom stereocenters. The van der Waals surface area contributed by atoms with Gasteiger partial charge in [0.05, 0.1) is 0 Å². The molecule has 5 nitrogen and oxygen atoms in total. The average molecular weight is 223 g/mol. The van der Waals surface area contributed by atoms with E-state index in [4.69, 9.17) is 10.6 Å². The lowest BCUT2D eigenvalue weighted by molar-refractivity contribution is -0.128. The van der Waals surface area contributed by atoms with Gasteiger partial charge >= 0.3 is 0 Å². The highest BCUT2D eigenvalue weighted by molar-refractivity contribution is 5.77. The zero-order chi connectivity index (χ0) is 11.8. The Bertz CT molecular complexity index is 325. The largest absolute Gasteiger partial charge is 0.350 e. The third kappa shape index (κ3) is 4.39. The Morgan fingerprint density at radius 2 is 1.94 bits per heavy atom. The average Bonchev–Trinajstić information content (AvgIpc) is 2.34. The van der Waals surface area contributed by atoms with Crippen LogP contribution in [-0.2, 0) is 22.7 Å². The van der Waals surface area contributed by atoms with Crippen LogP contribution in [0.4, 0.5) is 0 Å². The number of hydroxylamine groups is 1. The first-order valence-electron chi connectivity index (χ1n) is 5.09. The lowest BCUT2D eigenvalue weighted by atomic mass is 10.1. The maximum Gasteiger partial charge on any atom is 0.248 e. The van der Waals surface area contributed by atoms with Crippen molar-refractivity contribution in [2.75, 3.05) is 13.7 Å². The zero-order valence-electron chi connectivity index (χ0n) is 9.32. The lowest BCUT2D eigenvalue weighted by Gasteiger charge is -2.06. The summed E-state index contributed by atoms with van der Waals surface area (Å²) in [4.78, 5) is 15.9. The van der Waals surface area contributed by atoms with E-state index in [1.54, 1.807) is 7.05 Å². The highest BCUT2D eigenvalue weighted by Crippen LogP contribution is 2.03. The quantitative estimate of drug-likeness (QED) is 0.589. The molecule has 0 saturated heterocycles. The molecule has 0 fully saturated rings. The molecule has 0 aliphatic carbocycles. The van der Waals surface area contributed by atoms with Crippen molar-refractivity contribution >= 4 is 5.91 Å². The molecule has 0 unspecified atom stereocenters. The van der Waals surface area contributed by atoms with E-state index in [0.29, 0.717) is 13.1 Å². The molecule has 1 rings (SSSR count). The first-order chi connectivity index (χ1) is 7.76. The van der Waals surface area contributed by atoms with Gasteiger partial charge in [-0.25, -0.2) is 5.48 Å². The third-order valence-electron chi connectivity index (χ3n) is 2.10. The highest BCUT2D eigenvalue weighted by Gasteiger charge is 2.00. The number of amides is 1. The van der Waals surface area contributed by atoms with Crippen LogP contribution in [0, 0.1) is 0 Å². The van der Waals surface area contributed by atoms with Crippen LogP contribution in [0.3, 0.4) is 0 Å². The number of carbonyl (C=O) groups excluding carboxylic acids is 1. The predicted molar refractivity (Wildman–Crippen MR) is 61.2 cm³/mol. The van der Waals surface area contributed by atoms with E-state index >= 15 is 0 Å². The van der Waals surface area contributed by atoms with Crippen molar-refractivity contribution in [3.63, 3.8) is 0 Å². The third-order valence-corrected chi connectivity index (χ3v) is 2.10. The summed E-state index contributed by atoms with van der Waals surface area (Å²) in [5, 5.41) is 2.74. The monoisotopic (exact) mass is 223 g/mol. The maximum absolute atomic E-state index is 11.2. The molecular weight excluding hydrogens is 206 g/mol. The van der Waals surface area contributed by atoms with E-state index in [1.807, 2.05) is 24.3 Å². The van der Waals surface area contributed by atoms with Gasteiger partial charge in [-0.1, -0.05) is 24.3 Å². The normalized spacial score (nSPS) is 10.1. The molecule has 16 heavy (non-hydrogen) atoms. The van der Waals surface area contributed by atoms with E-state index in [0.717, 1.165) is 11.1 Å². The van der Waals surface area contributed by atoms with E-state index in [9.17, 15) is 4.79 Å². The fourth-order valence-electron chi connectivity index (χ4n) is 1.18. The van der Waals surface area contributed by atoms with Crippen LogP contribution in [0.5, 0.6) is 0 Å². The minimum absolute atomic E-state index is 0.0113. The molecule has 0 aliphatic rings. The summed E-state index contributed by atoms with van der Waals surface area (Å²) < 4.78 is 0. The topological polar surface area (TPSA) is 76.4 Å². The maximum atomic E-state index is 11.2. The van der Waals surface area contributed by atoms with Gasteiger partial charge in [0.2, 0.25) is 5.91 Å². The molecule has 0 heterocycles. The van der Waals surface area contributed by atoms with Crippen molar-refractivity contribution < 1.29 is 9.63 Å². The molecule has 1 aromatic carbocycles. The van der Waals surface area contributed by atoms with Crippen molar-refractivity contribution in [2.24, 2.45) is 5.73 Å². The Balaban J connectivity index is 2.33. The molecule has 0 saturated carbocycles. The molecule has 0 radical (unpaired) electrons. The van der Waals surface area contributed by atoms with E-state index in [-0.39, 0.29) is 12.5 Å². The van der Waals surface area contributed by atoms with Gasteiger partial charge in [0, 0.05) is 20.1 Å². The second kappa shape index (κ2) is 6.95. The summed E-state index contributed by atoms with van der Waals surface area (Å²) in [6.45, 7) is 1.04. The Morgan fingerprint density at radius 1 is 1.31 bits per heavy atom. The van der Waals surface area contributed by atoms with Crippen LogP contribution in [0.25, 0.3) is 0 Å². The Morgan fingerprint density at radius 3 is 2.50 bits per heavy atom. The number of nitrogens with two attached hydrogens (primary N) is 1. The van der Waals surface area contributed by atoms with Gasteiger partial charge in [0.1, 0.15) is 6.61 Å². The van der Waals surface area contributed by atoms with Crippen LogP contribution in [0.2, 0.25) is 0 Å².